The van der Waals surface area contributed by atoms with Gasteiger partial charge in [-0.1, -0.05) is 59.6 Å². The van der Waals surface area contributed by atoms with E-state index in [-0.39, 0.29) is 12.6 Å². The summed E-state index contributed by atoms with van der Waals surface area (Å²) in [7, 11) is 0. The summed E-state index contributed by atoms with van der Waals surface area (Å²) in [6.45, 7) is 2.81. The molecule has 2 aromatic rings. The van der Waals surface area contributed by atoms with Crippen LogP contribution in [-0.4, -0.2) is 5.11 Å². The average molecular weight is 310 g/mol. The Labute approximate surface area is 129 Å². The Morgan fingerprint density at radius 3 is 2.55 bits per heavy atom. The highest BCUT2D eigenvalue weighted by atomic mass is 35.5. The molecular formula is C16H17Cl2NO. The van der Waals surface area contributed by atoms with E-state index in [1.807, 2.05) is 43.3 Å². The van der Waals surface area contributed by atoms with Gasteiger partial charge in [-0.2, -0.15) is 0 Å². The highest BCUT2D eigenvalue weighted by Gasteiger charge is 2.11. The molecule has 0 bridgehead atoms. The number of hydrogen-bond donors (Lipinski definition) is 2. The predicted molar refractivity (Wildman–Crippen MR) is 84.1 cm³/mol. The van der Waals surface area contributed by atoms with E-state index in [2.05, 4.69) is 5.32 Å². The van der Waals surface area contributed by atoms with Crippen molar-refractivity contribution in [1.29, 1.82) is 0 Å². The van der Waals surface area contributed by atoms with Crippen LogP contribution >= 0.6 is 23.2 Å². The van der Waals surface area contributed by atoms with Crippen molar-refractivity contribution in [1.82, 2.24) is 5.32 Å². The minimum atomic E-state index is 0.0590. The molecule has 0 saturated heterocycles. The molecular weight excluding hydrogens is 293 g/mol. The first-order chi connectivity index (χ1) is 9.61. The summed E-state index contributed by atoms with van der Waals surface area (Å²) in [5, 5.41) is 13.7. The third-order valence-corrected chi connectivity index (χ3v) is 4.07. The molecule has 0 fully saturated rings. The zero-order valence-corrected chi connectivity index (χ0v) is 12.7. The van der Waals surface area contributed by atoms with Crippen LogP contribution in [0.4, 0.5) is 0 Å². The summed E-state index contributed by atoms with van der Waals surface area (Å²) in [6.07, 6.45) is 0. The summed E-state index contributed by atoms with van der Waals surface area (Å²) >= 11 is 12.2. The summed E-state index contributed by atoms with van der Waals surface area (Å²) in [4.78, 5) is 0. The molecule has 0 saturated carbocycles. The van der Waals surface area contributed by atoms with Crippen molar-refractivity contribution in [2.75, 3.05) is 0 Å². The van der Waals surface area contributed by atoms with Crippen molar-refractivity contribution < 1.29 is 5.11 Å². The third-order valence-electron chi connectivity index (χ3n) is 3.23. The van der Waals surface area contributed by atoms with Crippen molar-refractivity contribution in [2.45, 2.75) is 26.1 Å². The molecule has 2 rings (SSSR count). The fraction of sp³-hybridized carbons (Fsp3) is 0.250. The Kier molecular flexibility index (Phi) is 5.44. The largest absolute Gasteiger partial charge is 0.392 e. The van der Waals surface area contributed by atoms with Gasteiger partial charge < -0.3 is 10.4 Å². The number of nitrogens with one attached hydrogen (secondary N) is 1. The topological polar surface area (TPSA) is 32.3 Å². The molecule has 1 atom stereocenters. The van der Waals surface area contributed by atoms with E-state index < -0.39 is 0 Å². The van der Waals surface area contributed by atoms with Crippen molar-refractivity contribution in [3.63, 3.8) is 0 Å². The van der Waals surface area contributed by atoms with Gasteiger partial charge in [-0.05, 0) is 29.7 Å². The Bertz CT molecular complexity index is 586. The van der Waals surface area contributed by atoms with Crippen LogP contribution in [0.5, 0.6) is 0 Å². The fourth-order valence-corrected chi connectivity index (χ4v) is 2.55. The summed E-state index contributed by atoms with van der Waals surface area (Å²) in [5.74, 6) is 0. The van der Waals surface area contributed by atoms with Gasteiger partial charge in [-0.3, -0.25) is 0 Å². The zero-order valence-electron chi connectivity index (χ0n) is 11.2. The normalized spacial score (nSPS) is 12.4. The highest BCUT2D eigenvalue weighted by molar-refractivity contribution is 6.42. The smallest absolute Gasteiger partial charge is 0.0681 e. The standard InChI is InChI=1S/C16H17Cl2NO/c1-11(14-6-3-7-15(17)16(14)18)19-9-12-4-2-5-13(8-12)10-20/h2-8,11,19-20H,9-10H2,1H3. The van der Waals surface area contributed by atoms with Gasteiger partial charge in [0.25, 0.3) is 0 Å². The maximum Gasteiger partial charge on any atom is 0.0681 e. The number of hydrogen-bond acceptors (Lipinski definition) is 2. The molecule has 20 heavy (non-hydrogen) atoms. The van der Waals surface area contributed by atoms with Gasteiger partial charge in [0.1, 0.15) is 0 Å². The highest BCUT2D eigenvalue weighted by Crippen LogP contribution is 2.29. The minimum Gasteiger partial charge on any atom is -0.392 e. The lowest BCUT2D eigenvalue weighted by atomic mass is 10.1. The van der Waals surface area contributed by atoms with Crippen LogP contribution in [0.2, 0.25) is 10.0 Å². The van der Waals surface area contributed by atoms with E-state index in [0.29, 0.717) is 16.6 Å². The molecule has 0 aliphatic rings. The van der Waals surface area contributed by atoms with E-state index in [1.54, 1.807) is 6.07 Å². The molecule has 2 aromatic carbocycles. The first kappa shape index (κ1) is 15.3. The van der Waals surface area contributed by atoms with Crippen LogP contribution in [-0.2, 0) is 13.2 Å². The predicted octanol–water partition coefficient (Wildman–Crippen LogP) is 4.34. The molecule has 2 nitrogen and oxygen atoms in total. The average Bonchev–Trinajstić information content (AvgIpc) is 2.48. The van der Waals surface area contributed by atoms with Gasteiger partial charge in [-0.15, -0.1) is 0 Å². The monoisotopic (exact) mass is 309 g/mol. The summed E-state index contributed by atoms with van der Waals surface area (Å²) in [6, 6.07) is 13.6. The summed E-state index contributed by atoms with van der Waals surface area (Å²) < 4.78 is 0. The van der Waals surface area contributed by atoms with Gasteiger partial charge in [0.05, 0.1) is 16.7 Å². The second-order valence-corrected chi connectivity index (χ2v) is 5.51. The maximum atomic E-state index is 9.13. The minimum absolute atomic E-state index is 0.0590. The van der Waals surface area contributed by atoms with Crippen LogP contribution in [0, 0.1) is 0 Å². The molecule has 0 heterocycles. The lowest BCUT2D eigenvalue weighted by Crippen LogP contribution is -2.18. The van der Waals surface area contributed by atoms with Crippen LogP contribution in [0.25, 0.3) is 0 Å². The quantitative estimate of drug-likeness (QED) is 0.861. The number of benzene rings is 2. The Hall–Kier alpha value is -1.06. The van der Waals surface area contributed by atoms with Gasteiger partial charge in [-0.25, -0.2) is 0 Å². The van der Waals surface area contributed by atoms with Crippen LogP contribution in [0.3, 0.4) is 0 Å². The van der Waals surface area contributed by atoms with E-state index in [1.165, 1.54) is 0 Å². The van der Waals surface area contributed by atoms with E-state index in [9.17, 15) is 0 Å². The molecule has 0 amide bonds. The van der Waals surface area contributed by atoms with Gasteiger partial charge >= 0.3 is 0 Å². The van der Waals surface area contributed by atoms with Crippen molar-refractivity contribution in [3.8, 4) is 0 Å². The van der Waals surface area contributed by atoms with Gasteiger partial charge in [0.15, 0.2) is 0 Å². The number of aliphatic hydroxyl groups is 1. The van der Waals surface area contributed by atoms with Crippen molar-refractivity contribution in [3.05, 3.63) is 69.2 Å². The Morgan fingerprint density at radius 1 is 1.10 bits per heavy atom. The fourth-order valence-electron chi connectivity index (χ4n) is 2.07. The number of aliphatic hydroxyl groups excluding tert-OH is 1. The zero-order chi connectivity index (χ0) is 14.5. The summed E-state index contributed by atoms with van der Waals surface area (Å²) in [5.41, 5.74) is 3.02. The second kappa shape index (κ2) is 7.09. The molecule has 0 aliphatic carbocycles. The maximum absolute atomic E-state index is 9.13. The molecule has 0 spiro atoms. The molecule has 0 radical (unpaired) electrons. The van der Waals surface area contributed by atoms with Gasteiger partial charge in [0, 0.05) is 12.6 Å². The van der Waals surface area contributed by atoms with E-state index in [0.717, 1.165) is 16.7 Å². The van der Waals surface area contributed by atoms with Crippen molar-refractivity contribution in [2.24, 2.45) is 0 Å². The molecule has 0 aliphatic heterocycles. The molecule has 0 aromatic heterocycles. The first-order valence-electron chi connectivity index (χ1n) is 6.47. The van der Waals surface area contributed by atoms with E-state index in [4.69, 9.17) is 28.3 Å². The second-order valence-electron chi connectivity index (χ2n) is 4.72. The Balaban J connectivity index is 2.04. The molecule has 4 heteroatoms. The third kappa shape index (κ3) is 3.74. The van der Waals surface area contributed by atoms with Crippen LogP contribution in [0.1, 0.15) is 29.7 Å². The van der Waals surface area contributed by atoms with Crippen molar-refractivity contribution >= 4 is 23.2 Å². The number of halogens is 2. The van der Waals surface area contributed by atoms with E-state index >= 15 is 0 Å². The SMILES string of the molecule is CC(NCc1cccc(CO)c1)c1cccc(Cl)c1Cl. The number of rotatable bonds is 5. The molecule has 1 unspecified atom stereocenters. The first-order valence-corrected chi connectivity index (χ1v) is 7.23. The lowest BCUT2D eigenvalue weighted by Gasteiger charge is -2.16. The van der Waals surface area contributed by atoms with Gasteiger partial charge in [0.2, 0.25) is 0 Å². The van der Waals surface area contributed by atoms with Crippen LogP contribution in [0.15, 0.2) is 42.5 Å². The molecule has 106 valence electrons. The van der Waals surface area contributed by atoms with Crippen LogP contribution < -0.4 is 5.32 Å². The molecule has 2 N–H and O–H groups in total. The lowest BCUT2D eigenvalue weighted by molar-refractivity contribution is 0.281. The Morgan fingerprint density at radius 2 is 1.80 bits per heavy atom.